The number of hydrogen-bond donors (Lipinski definition) is 2. The molecule has 27 heavy (non-hydrogen) atoms. The second kappa shape index (κ2) is 9.53. The Hall–Kier alpha value is -2.37. The van der Waals surface area contributed by atoms with Crippen molar-refractivity contribution in [1.82, 2.24) is 25.4 Å². The number of nitrogens with zero attached hydrogens (tertiary/aromatic N) is 4. The van der Waals surface area contributed by atoms with Crippen molar-refractivity contribution in [2.75, 3.05) is 0 Å². The smallest absolute Gasteiger partial charge is 0.192 e. The largest absolute Gasteiger partial charge is 0.354 e. The minimum absolute atomic E-state index is 0.493. The zero-order chi connectivity index (χ0) is 19.1. The Balaban J connectivity index is 1.66. The quantitative estimate of drug-likeness (QED) is 0.606. The lowest BCUT2D eigenvalue weighted by atomic mass is 9.84. The van der Waals surface area contributed by atoms with Gasteiger partial charge in [0, 0.05) is 13.1 Å². The van der Waals surface area contributed by atoms with E-state index in [1.54, 1.807) is 0 Å². The highest BCUT2D eigenvalue weighted by molar-refractivity contribution is 5.80. The van der Waals surface area contributed by atoms with Crippen LogP contribution in [-0.4, -0.2) is 26.8 Å². The van der Waals surface area contributed by atoms with E-state index in [1.807, 2.05) is 24.6 Å². The summed E-state index contributed by atoms with van der Waals surface area (Å²) < 4.78 is 2.01. The van der Waals surface area contributed by atoms with Crippen LogP contribution in [0.15, 0.2) is 35.3 Å². The number of hydrogen-bond acceptors (Lipinski definition) is 3. The topological polar surface area (TPSA) is 67.1 Å². The summed E-state index contributed by atoms with van der Waals surface area (Å²) in [6.07, 6.45) is 6.36. The van der Waals surface area contributed by atoms with Gasteiger partial charge in [-0.25, -0.2) is 4.99 Å². The fourth-order valence-corrected chi connectivity index (χ4v) is 3.66. The van der Waals surface area contributed by atoms with Crippen molar-refractivity contribution in [2.45, 2.75) is 65.1 Å². The summed E-state index contributed by atoms with van der Waals surface area (Å²) in [4.78, 5) is 4.83. The average molecular weight is 369 g/mol. The zero-order valence-corrected chi connectivity index (χ0v) is 16.8. The Morgan fingerprint density at radius 3 is 2.74 bits per heavy atom. The van der Waals surface area contributed by atoms with Crippen molar-refractivity contribution in [3.63, 3.8) is 0 Å². The molecule has 3 rings (SSSR count). The van der Waals surface area contributed by atoms with Gasteiger partial charge < -0.3 is 15.2 Å². The molecule has 1 aliphatic rings. The minimum Gasteiger partial charge on any atom is -0.354 e. The first-order valence-corrected chi connectivity index (χ1v) is 10.1. The van der Waals surface area contributed by atoms with Gasteiger partial charge >= 0.3 is 0 Å². The fraction of sp³-hybridized carbons (Fsp3) is 0.571. The predicted molar refractivity (Wildman–Crippen MR) is 109 cm³/mol. The van der Waals surface area contributed by atoms with Gasteiger partial charge in [0.05, 0.1) is 13.1 Å². The van der Waals surface area contributed by atoms with E-state index in [-0.39, 0.29) is 0 Å². The maximum atomic E-state index is 4.83. The van der Waals surface area contributed by atoms with Gasteiger partial charge in [-0.2, -0.15) is 0 Å². The lowest BCUT2D eigenvalue weighted by Gasteiger charge is -2.30. The molecule has 1 fully saturated rings. The van der Waals surface area contributed by atoms with Crippen LogP contribution in [0.5, 0.6) is 0 Å². The number of benzene rings is 1. The van der Waals surface area contributed by atoms with Crippen molar-refractivity contribution in [3.8, 4) is 0 Å². The third kappa shape index (κ3) is 5.55. The zero-order valence-electron chi connectivity index (χ0n) is 16.8. The molecule has 146 valence electrons. The van der Waals surface area contributed by atoms with E-state index >= 15 is 0 Å². The van der Waals surface area contributed by atoms with E-state index in [2.05, 4.69) is 52.0 Å². The van der Waals surface area contributed by atoms with Gasteiger partial charge in [-0.05, 0) is 31.2 Å². The Bertz CT molecular complexity index is 736. The monoisotopic (exact) mass is 368 g/mol. The maximum Gasteiger partial charge on any atom is 0.192 e. The summed E-state index contributed by atoms with van der Waals surface area (Å²) in [7, 11) is 1.99. The molecule has 2 aromatic rings. The molecule has 0 spiro atoms. The normalized spacial score (nSPS) is 20.5. The molecule has 1 aliphatic carbocycles. The maximum absolute atomic E-state index is 4.83. The van der Waals surface area contributed by atoms with Gasteiger partial charge in [-0.3, -0.25) is 0 Å². The predicted octanol–water partition coefficient (Wildman–Crippen LogP) is 3.33. The van der Waals surface area contributed by atoms with E-state index in [9.17, 15) is 0 Å². The van der Waals surface area contributed by atoms with E-state index in [4.69, 9.17) is 4.99 Å². The molecule has 1 aromatic heterocycles. The molecular weight excluding hydrogens is 336 g/mol. The van der Waals surface area contributed by atoms with Crippen molar-refractivity contribution < 1.29 is 0 Å². The van der Waals surface area contributed by atoms with Crippen LogP contribution in [0.2, 0.25) is 0 Å². The molecule has 1 saturated carbocycles. The van der Waals surface area contributed by atoms with E-state index in [0.717, 1.165) is 23.5 Å². The van der Waals surface area contributed by atoms with Crippen LogP contribution in [0, 0.1) is 12.8 Å². The summed E-state index contributed by atoms with van der Waals surface area (Å²) in [6.45, 7) is 5.54. The Morgan fingerprint density at radius 1 is 1.22 bits per heavy atom. The fourth-order valence-electron chi connectivity index (χ4n) is 3.66. The highest BCUT2D eigenvalue weighted by atomic mass is 15.3. The molecule has 2 atom stereocenters. The van der Waals surface area contributed by atoms with Crippen molar-refractivity contribution >= 4 is 5.96 Å². The molecule has 0 radical (unpaired) electrons. The van der Waals surface area contributed by atoms with Crippen LogP contribution in [0.3, 0.4) is 0 Å². The molecule has 6 nitrogen and oxygen atoms in total. The van der Waals surface area contributed by atoms with Gasteiger partial charge in [0.25, 0.3) is 0 Å². The number of rotatable bonds is 6. The number of nitrogens with one attached hydrogen (secondary N) is 2. The third-order valence-corrected chi connectivity index (χ3v) is 5.56. The minimum atomic E-state index is 0.493. The lowest BCUT2D eigenvalue weighted by molar-refractivity contribution is 0.298. The van der Waals surface area contributed by atoms with Gasteiger partial charge in [0.2, 0.25) is 0 Å². The first kappa shape index (κ1) is 19.4. The Morgan fingerprint density at radius 2 is 2.04 bits per heavy atom. The molecule has 0 saturated heterocycles. The van der Waals surface area contributed by atoms with E-state index in [1.165, 1.54) is 37.7 Å². The first-order valence-electron chi connectivity index (χ1n) is 10.1. The summed E-state index contributed by atoms with van der Waals surface area (Å²) in [5.74, 6) is 3.52. The third-order valence-electron chi connectivity index (χ3n) is 5.56. The van der Waals surface area contributed by atoms with Crippen molar-refractivity contribution in [2.24, 2.45) is 18.0 Å². The Labute approximate surface area is 162 Å². The lowest BCUT2D eigenvalue weighted by Crippen LogP contribution is -2.45. The first-order chi connectivity index (χ1) is 13.2. The highest BCUT2D eigenvalue weighted by Gasteiger charge is 2.21. The summed E-state index contributed by atoms with van der Waals surface area (Å²) in [5, 5.41) is 15.5. The molecule has 6 heteroatoms. The molecule has 1 aromatic carbocycles. The molecular formula is C21H32N6. The van der Waals surface area contributed by atoms with E-state index < -0.39 is 0 Å². The van der Waals surface area contributed by atoms with Crippen LogP contribution >= 0.6 is 0 Å². The standard InChI is InChI=1S/C21H32N6/c1-4-17-11-8-12-19(13-17)24-21(22-14-18-9-6-5-7-10-18)23-15-20-26-25-16(2)27(20)3/h5-7,9-10,17,19H,4,8,11-15H2,1-3H3,(H2,22,23,24). The molecule has 2 N–H and O–H groups in total. The number of aliphatic imine (C=N–C) groups is 1. The summed E-state index contributed by atoms with van der Waals surface area (Å²) >= 11 is 0. The van der Waals surface area contributed by atoms with Gasteiger partial charge in [0.1, 0.15) is 5.82 Å². The highest BCUT2D eigenvalue weighted by Crippen LogP contribution is 2.26. The number of aryl methyl sites for hydroxylation is 1. The van der Waals surface area contributed by atoms with Gasteiger partial charge in [0.15, 0.2) is 11.8 Å². The van der Waals surface area contributed by atoms with E-state index in [0.29, 0.717) is 19.1 Å². The van der Waals surface area contributed by atoms with Gasteiger partial charge in [-0.1, -0.05) is 56.5 Å². The molecule has 0 aliphatic heterocycles. The second-order valence-electron chi connectivity index (χ2n) is 7.51. The summed E-state index contributed by atoms with van der Waals surface area (Å²) in [6, 6.07) is 10.9. The molecule has 1 heterocycles. The molecule has 2 unspecified atom stereocenters. The number of aromatic nitrogens is 3. The number of guanidine groups is 1. The molecule has 0 amide bonds. The van der Waals surface area contributed by atoms with Crippen LogP contribution < -0.4 is 10.6 Å². The van der Waals surface area contributed by atoms with Crippen molar-refractivity contribution in [3.05, 3.63) is 47.5 Å². The SMILES string of the molecule is CCC1CCCC(NC(=NCc2ccccc2)NCc2nnc(C)n2C)C1. The Kier molecular flexibility index (Phi) is 6.85. The van der Waals surface area contributed by atoms with Crippen LogP contribution in [0.25, 0.3) is 0 Å². The molecule has 0 bridgehead atoms. The van der Waals surface area contributed by atoms with Crippen LogP contribution in [-0.2, 0) is 20.1 Å². The van der Waals surface area contributed by atoms with Gasteiger partial charge in [-0.15, -0.1) is 10.2 Å². The van der Waals surface area contributed by atoms with Crippen LogP contribution in [0.4, 0.5) is 0 Å². The van der Waals surface area contributed by atoms with Crippen LogP contribution in [0.1, 0.15) is 56.2 Å². The summed E-state index contributed by atoms with van der Waals surface area (Å²) in [5.41, 5.74) is 1.21. The second-order valence-corrected chi connectivity index (χ2v) is 7.51. The average Bonchev–Trinajstić information content (AvgIpc) is 3.03. The van der Waals surface area contributed by atoms with Crippen molar-refractivity contribution in [1.29, 1.82) is 0 Å².